The Morgan fingerprint density at radius 3 is 2.85 bits per heavy atom. The van der Waals surface area contributed by atoms with Crippen LogP contribution < -0.4 is 10.6 Å². The monoisotopic (exact) mass is 470 g/mol. The van der Waals surface area contributed by atoms with Crippen LogP contribution in [0, 0.1) is 11.6 Å². The summed E-state index contributed by atoms with van der Waals surface area (Å²) in [4.78, 5) is 30.5. The number of fused-ring (bicyclic) bond motifs is 3. The lowest BCUT2D eigenvalue weighted by atomic mass is 9.92. The molecule has 0 aliphatic carbocycles. The Labute approximate surface area is 191 Å². The van der Waals surface area contributed by atoms with Crippen molar-refractivity contribution >= 4 is 45.7 Å². The molecule has 0 saturated carbocycles. The SMILES string of the molecule is C=CC(=O)N1CCC2(C1)Nc1c(cnc3c(F)c(-c4c(O)cccc4F)c(Cl)cc13)NC2=O. The standard InChI is InChI=1S/C23H17ClF2N4O3/c1-2-16(32)30-7-6-23(10-30)22(33)28-14-9-27-21-11(20(14)29-23)8-12(24)17(19(21)26)18-13(25)4-3-5-15(18)31/h2-5,8-9,29,31H,1,6-7,10H2,(H,28,33). The predicted octanol–water partition coefficient (Wildman–Crippen LogP) is 4.06. The van der Waals surface area contributed by atoms with E-state index >= 15 is 4.39 Å². The Morgan fingerprint density at radius 2 is 2.12 bits per heavy atom. The van der Waals surface area contributed by atoms with E-state index in [0.29, 0.717) is 24.3 Å². The molecule has 5 rings (SSSR count). The minimum atomic E-state index is -1.12. The molecular formula is C23H17ClF2N4O3. The van der Waals surface area contributed by atoms with Crippen molar-refractivity contribution in [2.45, 2.75) is 12.0 Å². The average molecular weight is 471 g/mol. The summed E-state index contributed by atoms with van der Waals surface area (Å²) in [5.74, 6) is -2.85. The van der Waals surface area contributed by atoms with Gasteiger partial charge in [0.25, 0.3) is 5.91 Å². The van der Waals surface area contributed by atoms with Crippen LogP contribution in [0.2, 0.25) is 5.02 Å². The van der Waals surface area contributed by atoms with Crippen LogP contribution in [-0.4, -0.2) is 45.4 Å². The lowest BCUT2D eigenvalue weighted by molar-refractivity contribution is -0.125. The molecule has 3 aromatic rings. The molecule has 3 N–H and O–H groups in total. The zero-order valence-electron chi connectivity index (χ0n) is 17.1. The van der Waals surface area contributed by atoms with Crippen molar-refractivity contribution in [2.75, 3.05) is 23.7 Å². The number of carbonyl (C=O) groups is 2. The number of aromatic nitrogens is 1. The maximum atomic E-state index is 15.6. The molecule has 10 heteroatoms. The molecular weight excluding hydrogens is 454 g/mol. The molecule has 2 aliphatic rings. The zero-order valence-corrected chi connectivity index (χ0v) is 17.8. The predicted molar refractivity (Wildman–Crippen MR) is 120 cm³/mol. The number of nitrogens with zero attached hydrogens (tertiary/aromatic N) is 2. The van der Waals surface area contributed by atoms with Gasteiger partial charge < -0.3 is 20.6 Å². The second-order valence-electron chi connectivity index (χ2n) is 8.00. The number of phenolic OH excluding ortho intramolecular Hbond substituents is 1. The normalized spacial score (nSPS) is 19.4. The third-order valence-electron chi connectivity index (χ3n) is 6.10. The molecule has 0 bridgehead atoms. The minimum Gasteiger partial charge on any atom is -0.507 e. The fourth-order valence-electron chi connectivity index (χ4n) is 4.44. The number of aromatic hydroxyl groups is 1. The van der Waals surface area contributed by atoms with Crippen LogP contribution in [0.5, 0.6) is 5.75 Å². The smallest absolute Gasteiger partial charge is 0.252 e. The summed E-state index contributed by atoms with van der Waals surface area (Å²) in [5.41, 5.74) is -1.21. The topological polar surface area (TPSA) is 94.6 Å². The van der Waals surface area contributed by atoms with E-state index in [0.717, 1.165) is 6.07 Å². The molecule has 2 amide bonds. The van der Waals surface area contributed by atoms with Gasteiger partial charge in [0, 0.05) is 17.5 Å². The molecule has 168 valence electrons. The molecule has 0 radical (unpaired) electrons. The summed E-state index contributed by atoms with van der Waals surface area (Å²) in [5, 5.41) is 16.2. The van der Waals surface area contributed by atoms with Crippen molar-refractivity contribution in [2.24, 2.45) is 0 Å². The quantitative estimate of drug-likeness (QED) is 0.491. The second-order valence-corrected chi connectivity index (χ2v) is 8.41. The van der Waals surface area contributed by atoms with Crippen LogP contribution in [0.15, 0.2) is 43.1 Å². The molecule has 7 nitrogen and oxygen atoms in total. The first-order valence-corrected chi connectivity index (χ1v) is 10.4. The van der Waals surface area contributed by atoms with E-state index in [9.17, 15) is 19.1 Å². The van der Waals surface area contributed by atoms with Gasteiger partial charge in [-0.15, -0.1) is 0 Å². The molecule has 3 heterocycles. The van der Waals surface area contributed by atoms with Gasteiger partial charge in [0.05, 0.1) is 34.7 Å². The highest BCUT2D eigenvalue weighted by Gasteiger charge is 2.48. The minimum absolute atomic E-state index is 0.102. The largest absolute Gasteiger partial charge is 0.507 e. The van der Waals surface area contributed by atoms with Gasteiger partial charge >= 0.3 is 0 Å². The maximum Gasteiger partial charge on any atom is 0.252 e. The van der Waals surface area contributed by atoms with Crippen molar-refractivity contribution in [1.82, 2.24) is 9.88 Å². The Kier molecular flexibility index (Phi) is 4.75. The molecule has 1 saturated heterocycles. The van der Waals surface area contributed by atoms with Crippen molar-refractivity contribution in [3.05, 3.63) is 59.8 Å². The van der Waals surface area contributed by atoms with Crippen LogP contribution in [0.3, 0.4) is 0 Å². The highest BCUT2D eigenvalue weighted by Crippen LogP contribution is 2.45. The number of likely N-dealkylation sites (tertiary alicyclic amines) is 1. The Balaban J connectivity index is 1.66. The summed E-state index contributed by atoms with van der Waals surface area (Å²) >= 11 is 6.37. The van der Waals surface area contributed by atoms with Crippen molar-refractivity contribution in [3.63, 3.8) is 0 Å². The van der Waals surface area contributed by atoms with Gasteiger partial charge in [-0.2, -0.15) is 0 Å². The third-order valence-corrected chi connectivity index (χ3v) is 6.40. The molecule has 2 aliphatic heterocycles. The number of hydrogen-bond acceptors (Lipinski definition) is 5. The number of amides is 2. The van der Waals surface area contributed by atoms with Crippen molar-refractivity contribution in [1.29, 1.82) is 0 Å². The first-order valence-electron chi connectivity index (χ1n) is 10.1. The molecule has 1 atom stereocenters. The van der Waals surface area contributed by atoms with E-state index in [4.69, 9.17) is 11.6 Å². The Hall–Kier alpha value is -3.72. The van der Waals surface area contributed by atoms with Gasteiger partial charge in [0.1, 0.15) is 22.6 Å². The second kappa shape index (κ2) is 7.41. The third kappa shape index (κ3) is 3.11. The van der Waals surface area contributed by atoms with Crippen molar-refractivity contribution in [3.8, 4) is 16.9 Å². The fraction of sp³-hybridized carbons (Fsp3) is 0.174. The van der Waals surface area contributed by atoms with Gasteiger partial charge in [-0.1, -0.05) is 24.2 Å². The van der Waals surface area contributed by atoms with Crippen molar-refractivity contribution < 1.29 is 23.5 Å². The van der Waals surface area contributed by atoms with Crippen LogP contribution in [-0.2, 0) is 9.59 Å². The van der Waals surface area contributed by atoms with Gasteiger partial charge in [0.15, 0.2) is 5.82 Å². The van der Waals surface area contributed by atoms with Gasteiger partial charge in [-0.3, -0.25) is 14.6 Å². The number of nitrogens with one attached hydrogen (secondary N) is 2. The van der Waals surface area contributed by atoms with E-state index in [1.54, 1.807) is 0 Å². The lowest BCUT2D eigenvalue weighted by Crippen LogP contribution is -2.54. The van der Waals surface area contributed by atoms with Crippen LogP contribution >= 0.6 is 11.6 Å². The van der Waals surface area contributed by atoms with Crippen LogP contribution in [0.4, 0.5) is 20.2 Å². The molecule has 1 aromatic heterocycles. The van der Waals surface area contributed by atoms with E-state index in [1.807, 2.05) is 0 Å². The highest BCUT2D eigenvalue weighted by atomic mass is 35.5. The zero-order chi connectivity index (χ0) is 23.5. The molecule has 1 fully saturated rings. The number of benzene rings is 2. The number of rotatable bonds is 2. The number of anilines is 2. The maximum absolute atomic E-state index is 15.6. The molecule has 1 unspecified atom stereocenters. The Bertz CT molecular complexity index is 1360. The van der Waals surface area contributed by atoms with Gasteiger partial charge in [-0.25, -0.2) is 8.78 Å². The molecule has 2 aromatic carbocycles. The van der Waals surface area contributed by atoms with E-state index in [-0.39, 0.29) is 45.4 Å². The summed E-state index contributed by atoms with van der Waals surface area (Å²) in [6, 6.07) is 5.03. The first-order chi connectivity index (χ1) is 15.8. The van der Waals surface area contributed by atoms with E-state index < -0.39 is 22.9 Å². The summed E-state index contributed by atoms with van der Waals surface area (Å²) in [6.07, 6.45) is 2.81. The van der Waals surface area contributed by atoms with Gasteiger partial charge in [0.2, 0.25) is 5.91 Å². The number of hydrogen-bond donors (Lipinski definition) is 3. The first kappa shape index (κ1) is 21.1. The summed E-state index contributed by atoms with van der Waals surface area (Å²) in [6.45, 7) is 3.92. The average Bonchev–Trinajstić information content (AvgIpc) is 3.21. The summed E-state index contributed by atoms with van der Waals surface area (Å²) < 4.78 is 30.0. The van der Waals surface area contributed by atoms with Gasteiger partial charge in [-0.05, 0) is 30.7 Å². The van der Waals surface area contributed by atoms with Crippen LogP contribution in [0.1, 0.15) is 6.42 Å². The fourth-order valence-corrected chi connectivity index (χ4v) is 4.72. The lowest BCUT2D eigenvalue weighted by Gasteiger charge is -2.36. The summed E-state index contributed by atoms with van der Waals surface area (Å²) in [7, 11) is 0. The number of pyridine rings is 1. The number of phenols is 1. The Morgan fingerprint density at radius 1 is 1.33 bits per heavy atom. The highest BCUT2D eigenvalue weighted by molar-refractivity contribution is 6.34. The van der Waals surface area contributed by atoms with E-state index in [2.05, 4.69) is 22.2 Å². The van der Waals surface area contributed by atoms with Crippen LogP contribution in [0.25, 0.3) is 22.0 Å². The molecule has 1 spiro atoms. The number of carbonyl (C=O) groups excluding carboxylic acids is 2. The van der Waals surface area contributed by atoms with E-state index in [1.165, 1.54) is 35.4 Å². The molecule has 33 heavy (non-hydrogen) atoms. The number of halogens is 3.